The number of benzene rings is 1. The van der Waals surface area contributed by atoms with Crippen LogP contribution in [0, 0.1) is 11.8 Å². The molecule has 21 heavy (non-hydrogen) atoms. The van der Waals surface area contributed by atoms with Crippen LogP contribution in [-0.4, -0.2) is 43.6 Å². The average Bonchev–Trinajstić information content (AvgIpc) is 3.09. The van der Waals surface area contributed by atoms with Gasteiger partial charge in [0.25, 0.3) is 5.91 Å². The van der Waals surface area contributed by atoms with Gasteiger partial charge in [-0.15, -0.1) is 0 Å². The highest BCUT2D eigenvalue weighted by molar-refractivity contribution is 5.94. The lowest BCUT2D eigenvalue weighted by Crippen LogP contribution is -2.31. The van der Waals surface area contributed by atoms with E-state index in [0.29, 0.717) is 11.8 Å². The molecule has 2 fully saturated rings. The lowest BCUT2D eigenvalue weighted by Gasteiger charge is -2.17. The molecule has 1 aromatic carbocycles. The van der Waals surface area contributed by atoms with Crippen molar-refractivity contribution in [1.29, 1.82) is 0 Å². The molecule has 2 saturated heterocycles. The Morgan fingerprint density at radius 1 is 1.24 bits per heavy atom. The Bertz CT molecular complexity index is 474. The zero-order valence-corrected chi connectivity index (χ0v) is 12.7. The third-order valence-corrected chi connectivity index (χ3v) is 4.54. The summed E-state index contributed by atoms with van der Waals surface area (Å²) in [5.41, 5.74) is 0.769. The molecule has 114 valence electrons. The molecular formula is C17H24N2O2. The normalized spacial score (nSPS) is 24.1. The summed E-state index contributed by atoms with van der Waals surface area (Å²) in [5, 5.41) is 3.40. The fraction of sp³-hybridized carbons (Fsp3) is 0.588. The molecule has 0 radical (unpaired) electrons. The minimum Gasteiger partial charge on any atom is -0.494 e. The van der Waals surface area contributed by atoms with Crippen molar-refractivity contribution in [2.75, 3.05) is 32.8 Å². The lowest BCUT2D eigenvalue weighted by atomic mass is 10.0. The SMILES string of the molecule is CCCCOc1ccc(C(=O)N2CC3CNCC3C2)cc1. The van der Waals surface area contributed by atoms with Crippen LogP contribution >= 0.6 is 0 Å². The van der Waals surface area contributed by atoms with Crippen LogP contribution < -0.4 is 10.1 Å². The van der Waals surface area contributed by atoms with E-state index in [1.54, 1.807) is 0 Å². The van der Waals surface area contributed by atoms with Crippen molar-refractivity contribution in [3.05, 3.63) is 29.8 Å². The first-order valence-electron chi connectivity index (χ1n) is 8.00. The standard InChI is InChI=1S/C17H24N2O2/c1-2-3-8-21-16-6-4-13(5-7-16)17(20)19-11-14-9-18-10-15(14)12-19/h4-7,14-15,18H,2-3,8-12H2,1H3. The molecule has 0 spiro atoms. The Kier molecular flexibility index (Phi) is 4.44. The van der Waals surface area contributed by atoms with Crippen LogP contribution in [0.3, 0.4) is 0 Å². The second kappa shape index (κ2) is 6.48. The van der Waals surface area contributed by atoms with Crippen LogP contribution in [0.5, 0.6) is 5.75 Å². The van der Waals surface area contributed by atoms with Gasteiger partial charge in [0, 0.05) is 31.7 Å². The lowest BCUT2D eigenvalue weighted by molar-refractivity contribution is 0.0781. The Balaban J connectivity index is 1.57. The Morgan fingerprint density at radius 2 is 1.90 bits per heavy atom. The Morgan fingerprint density at radius 3 is 2.52 bits per heavy atom. The van der Waals surface area contributed by atoms with Crippen LogP contribution in [0.15, 0.2) is 24.3 Å². The fourth-order valence-corrected chi connectivity index (χ4v) is 3.23. The van der Waals surface area contributed by atoms with E-state index in [9.17, 15) is 4.79 Å². The largest absolute Gasteiger partial charge is 0.494 e. The minimum atomic E-state index is 0.157. The van der Waals surface area contributed by atoms with Gasteiger partial charge in [-0.05, 0) is 42.5 Å². The molecule has 0 saturated carbocycles. The molecule has 4 heteroatoms. The molecule has 2 atom stereocenters. The third-order valence-electron chi connectivity index (χ3n) is 4.54. The van der Waals surface area contributed by atoms with E-state index in [1.165, 1.54) is 0 Å². The van der Waals surface area contributed by atoms with E-state index in [1.807, 2.05) is 29.2 Å². The van der Waals surface area contributed by atoms with Crippen LogP contribution in [0.4, 0.5) is 0 Å². The predicted molar refractivity (Wildman–Crippen MR) is 82.6 cm³/mol. The smallest absolute Gasteiger partial charge is 0.253 e. The van der Waals surface area contributed by atoms with Gasteiger partial charge in [0.05, 0.1) is 6.61 Å². The molecule has 0 aliphatic carbocycles. The summed E-state index contributed by atoms with van der Waals surface area (Å²) in [4.78, 5) is 14.5. The molecule has 0 aromatic heterocycles. The molecule has 0 bridgehead atoms. The summed E-state index contributed by atoms with van der Waals surface area (Å²) in [5.74, 6) is 2.29. The Labute approximate surface area is 126 Å². The van der Waals surface area contributed by atoms with Crippen molar-refractivity contribution in [1.82, 2.24) is 10.2 Å². The highest BCUT2D eigenvalue weighted by atomic mass is 16.5. The molecule has 1 amide bonds. The summed E-state index contributed by atoms with van der Waals surface area (Å²) in [7, 11) is 0. The molecule has 4 nitrogen and oxygen atoms in total. The molecule has 2 aliphatic rings. The first-order chi connectivity index (χ1) is 10.3. The Hall–Kier alpha value is -1.55. The zero-order valence-electron chi connectivity index (χ0n) is 12.7. The quantitative estimate of drug-likeness (QED) is 0.844. The second-order valence-corrected chi connectivity index (χ2v) is 6.11. The van der Waals surface area contributed by atoms with Crippen molar-refractivity contribution in [3.8, 4) is 5.75 Å². The number of hydrogen-bond acceptors (Lipinski definition) is 3. The number of fused-ring (bicyclic) bond motifs is 1. The molecule has 2 heterocycles. The van der Waals surface area contributed by atoms with E-state index in [4.69, 9.17) is 4.74 Å². The van der Waals surface area contributed by atoms with Crippen molar-refractivity contribution in [2.24, 2.45) is 11.8 Å². The molecular weight excluding hydrogens is 264 g/mol. The number of hydrogen-bond donors (Lipinski definition) is 1. The summed E-state index contributed by atoms with van der Waals surface area (Å²) < 4.78 is 5.63. The van der Waals surface area contributed by atoms with E-state index in [-0.39, 0.29) is 5.91 Å². The minimum absolute atomic E-state index is 0.157. The number of carbonyl (C=O) groups is 1. The predicted octanol–water partition coefficient (Wildman–Crippen LogP) is 2.16. The maximum Gasteiger partial charge on any atom is 0.253 e. The van der Waals surface area contributed by atoms with E-state index in [0.717, 1.165) is 56.9 Å². The topological polar surface area (TPSA) is 41.6 Å². The number of nitrogens with one attached hydrogen (secondary N) is 1. The van der Waals surface area contributed by atoms with Gasteiger partial charge in [0.1, 0.15) is 5.75 Å². The van der Waals surface area contributed by atoms with Crippen LogP contribution in [-0.2, 0) is 0 Å². The van der Waals surface area contributed by atoms with Gasteiger partial charge >= 0.3 is 0 Å². The fourth-order valence-electron chi connectivity index (χ4n) is 3.23. The number of amides is 1. The van der Waals surface area contributed by atoms with Crippen molar-refractivity contribution >= 4 is 5.91 Å². The number of rotatable bonds is 5. The van der Waals surface area contributed by atoms with Crippen LogP contribution in [0.1, 0.15) is 30.1 Å². The van der Waals surface area contributed by atoms with Gasteiger partial charge in [-0.25, -0.2) is 0 Å². The number of carbonyl (C=O) groups excluding carboxylic acids is 1. The number of unbranched alkanes of at least 4 members (excludes halogenated alkanes) is 1. The van der Waals surface area contributed by atoms with E-state index in [2.05, 4.69) is 12.2 Å². The van der Waals surface area contributed by atoms with Gasteiger partial charge in [0.15, 0.2) is 0 Å². The van der Waals surface area contributed by atoms with Gasteiger partial charge in [0.2, 0.25) is 0 Å². The van der Waals surface area contributed by atoms with Gasteiger partial charge in [-0.3, -0.25) is 4.79 Å². The highest BCUT2D eigenvalue weighted by Gasteiger charge is 2.38. The molecule has 2 aliphatic heterocycles. The average molecular weight is 288 g/mol. The van der Waals surface area contributed by atoms with Gasteiger partial charge in [-0.1, -0.05) is 13.3 Å². The second-order valence-electron chi connectivity index (χ2n) is 6.11. The number of nitrogens with zero attached hydrogens (tertiary/aromatic N) is 1. The highest BCUT2D eigenvalue weighted by Crippen LogP contribution is 2.27. The van der Waals surface area contributed by atoms with Crippen LogP contribution in [0.25, 0.3) is 0 Å². The van der Waals surface area contributed by atoms with E-state index < -0.39 is 0 Å². The van der Waals surface area contributed by atoms with Crippen molar-refractivity contribution < 1.29 is 9.53 Å². The maximum atomic E-state index is 12.5. The van der Waals surface area contributed by atoms with Crippen LogP contribution in [0.2, 0.25) is 0 Å². The molecule has 1 aromatic rings. The third kappa shape index (κ3) is 3.21. The summed E-state index contributed by atoms with van der Waals surface area (Å²) in [6, 6.07) is 7.58. The molecule has 3 rings (SSSR count). The summed E-state index contributed by atoms with van der Waals surface area (Å²) in [6.07, 6.45) is 2.19. The number of likely N-dealkylation sites (tertiary alicyclic amines) is 1. The maximum absolute atomic E-state index is 12.5. The zero-order chi connectivity index (χ0) is 14.7. The van der Waals surface area contributed by atoms with Crippen molar-refractivity contribution in [2.45, 2.75) is 19.8 Å². The van der Waals surface area contributed by atoms with Crippen molar-refractivity contribution in [3.63, 3.8) is 0 Å². The molecule has 2 unspecified atom stereocenters. The van der Waals surface area contributed by atoms with E-state index >= 15 is 0 Å². The summed E-state index contributed by atoms with van der Waals surface area (Å²) >= 11 is 0. The molecule has 1 N–H and O–H groups in total. The van der Waals surface area contributed by atoms with Gasteiger partial charge in [-0.2, -0.15) is 0 Å². The number of ether oxygens (including phenoxy) is 1. The monoisotopic (exact) mass is 288 g/mol. The first kappa shape index (κ1) is 14.4. The van der Waals surface area contributed by atoms with Gasteiger partial charge < -0.3 is 15.0 Å². The summed E-state index contributed by atoms with van der Waals surface area (Å²) in [6.45, 7) is 6.78. The first-order valence-corrected chi connectivity index (χ1v) is 8.00.